The van der Waals surface area contributed by atoms with Crippen LogP contribution >= 0.6 is 11.3 Å². The van der Waals surface area contributed by atoms with E-state index in [4.69, 9.17) is 0 Å². The van der Waals surface area contributed by atoms with Crippen molar-refractivity contribution in [1.82, 2.24) is 24.1 Å². The van der Waals surface area contributed by atoms with Crippen molar-refractivity contribution in [2.45, 2.75) is 11.8 Å². The molecule has 3 aromatic heterocycles. The maximum Gasteiger partial charge on any atom is 0.240 e. The third-order valence-corrected chi connectivity index (χ3v) is 7.52. The lowest BCUT2D eigenvalue weighted by Crippen LogP contribution is -2.29. The topological polar surface area (TPSA) is 101 Å². The zero-order chi connectivity index (χ0) is 24.4. The number of fused-ring (bicyclic) bond motifs is 1. The number of hydrogen-bond acceptors (Lipinski definition) is 7. The van der Waals surface area contributed by atoms with E-state index < -0.39 is 10.0 Å². The van der Waals surface area contributed by atoms with Gasteiger partial charge in [-0.15, -0.1) is 11.3 Å². The maximum atomic E-state index is 13.9. The fraction of sp³-hybridized carbons (Fsp3) is 0.125. The van der Waals surface area contributed by atoms with Crippen molar-refractivity contribution in [3.8, 4) is 22.6 Å². The summed E-state index contributed by atoms with van der Waals surface area (Å²) >= 11 is 1.47. The van der Waals surface area contributed by atoms with Crippen LogP contribution < -0.4 is 10.0 Å². The number of benzene rings is 2. The van der Waals surface area contributed by atoms with Crippen LogP contribution in [-0.4, -0.2) is 40.9 Å². The minimum Gasteiger partial charge on any atom is -0.353 e. The predicted octanol–water partition coefficient (Wildman–Crippen LogP) is 4.36. The molecule has 0 saturated heterocycles. The van der Waals surface area contributed by atoms with E-state index in [1.54, 1.807) is 48.7 Å². The fourth-order valence-electron chi connectivity index (χ4n) is 3.60. The van der Waals surface area contributed by atoms with Gasteiger partial charge in [-0.2, -0.15) is 0 Å². The Morgan fingerprint density at radius 3 is 2.69 bits per heavy atom. The van der Waals surface area contributed by atoms with Gasteiger partial charge in [-0.3, -0.25) is 4.40 Å². The summed E-state index contributed by atoms with van der Waals surface area (Å²) in [6.45, 7) is 2.34. The van der Waals surface area contributed by atoms with Crippen LogP contribution in [0.15, 0.2) is 77.3 Å². The van der Waals surface area contributed by atoms with Gasteiger partial charge in [0.05, 0.1) is 16.3 Å². The summed E-state index contributed by atoms with van der Waals surface area (Å²) in [6, 6.07) is 14.7. The Hall–Kier alpha value is -3.67. The first-order chi connectivity index (χ1) is 16.9. The molecule has 2 N–H and O–H groups in total. The second kappa shape index (κ2) is 9.53. The second-order valence-electron chi connectivity index (χ2n) is 7.78. The van der Waals surface area contributed by atoms with Crippen molar-refractivity contribution in [3.63, 3.8) is 0 Å². The van der Waals surface area contributed by atoms with Crippen LogP contribution in [0.4, 0.5) is 10.3 Å². The molecule has 2 aromatic carbocycles. The number of nitrogens with one attached hydrogen (secondary N) is 2. The van der Waals surface area contributed by atoms with Crippen molar-refractivity contribution in [1.29, 1.82) is 0 Å². The van der Waals surface area contributed by atoms with E-state index in [1.807, 2.05) is 22.9 Å². The minimum absolute atomic E-state index is 0.153. The normalized spacial score (nSPS) is 11.7. The summed E-state index contributed by atoms with van der Waals surface area (Å²) in [4.78, 5) is 14.5. The van der Waals surface area contributed by atoms with Gasteiger partial charge in [-0.05, 0) is 37.3 Å². The number of rotatable bonds is 8. The number of sulfonamides is 1. The minimum atomic E-state index is -3.60. The molecule has 5 rings (SSSR count). The third kappa shape index (κ3) is 4.92. The van der Waals surface area contributed by atoms with E-state index >= 15 is 0 Å². The average molecular weight is 509 g/mol. The SMILES string of the molecule is Cc1ccc(S(=O)(=O)NCCNc2nccc(-c3c(-c4cccc(F)c4)nc4sccn34)n2)cc1. The maximum absolute atomic E-state index is 13.9. The number of aromatic nitrogens is 4. The van der Waals surface area contributed by atoms with Gasteiger partial charge in [0.2, 0.25) is 16.0 Å². The molecule has 178 valence electrons. The van der Waals surface area contributed by atoms with Crippen LogP contribution in [0.1, 0.15) is 5.56 Å². The number of aryl methyl sites for hydroxylation is 1. The van der Waals surface area contributed by atoms with E-state index in [0.29, 0.717) is 22.9 Å². The largest absolute Gasteiger partial charge is 0.353 e. The van der Waals surface area contributed by atoms with E-state index in [9.17, 15) is 12.8 Å². The number of halogens is 1. The summed E-state index contributed by atoms with van der Waals surface area (Å²) in [7, 11) is -3.60. The van der Waals surface area contributed by atoms with E-state index in [-0.39, 0.29) is 23.8 Å². The molecule has 0 unspecified atom stereocenters. The molecular formula is C24H21FN6O2S2. The molecule has 0 fully saturated rings. The molecule has 0 spiro atoms. The Bertz CT molecular complexity index is 1600. The lowest BCUT2D eigenvalue weighted by Gasteiger charge is -2.09. The zero-order valence-electron chi connectivity index (χ0n) is 18.6. The Morgan fingerprint density at radius 2 is 1.89 bits per heavy atom. The van der Waals surface area contributed by atoms with Crippen LogP contribution in [0.25, 0.3) is 27.6 Å². The first kappa shape index (κ1) is 23.1. The van der Waals surface area contributed by atoms with Crippen LogP contribution in [-0.2, 0) is 10.0 Å². The molecule has 0 aliphatic heterocycles. The quantitative estimate of drug-likeness (QED) is 0.302. The van der Waals surface area contributed by atoms with Crippen molar-refractivity contribution < 1.29 is 12.8 Å². The Labute approximate surface area is 205 Å². The van der Waals surface area contributed by atoms with Crippen LogP contribution in [0.3, 0.4) is 0 Å². The van der Waals surface area contributed by atoms with Gasteiger partial charge in [-0.25, -0.2) is 32.5 Å². The highest BCUT2D eigenvalue weighted by atomic mass is 32.2. The van der Waals surface area contributed by atoms with E-state index in [1.165, 1.54) is 23.5 Å². The Balaban J connectivity index is 1.34. The van der Waals surface area contributed by atoms with Crippen molar-refractivity contribution in [2.24, 2.45) is 0 Å². The smallest absolute Gasteiger partial charge is 0.240 e. The molecule has 35 heavy (non-hydrogen) atoms. The van der Waals surface area contributed by atoms with Gasteiger partial charge < -0.3 is 5.32 Å². The molecule has 0 amide bonds. The lowest BCUT2D eigenvalue weighted by molar-refractivity contribution is 0.583. The number of hydrogen-bond donors (Lipinski definition) is 2. The standard InChI is InChI=1S/C24H21FN6O2S2/c1-16-5-7-19(8-6-16)35(32,33)28-12-11-27-23-26-10-9-20(29-23)22-21(17-3-2-4-18(25)15-17)30-24-31(22)13-14-34-24/h2-10,13-15,28H,11-12H2,1H3,(H,26,27,29). The highest BCUT2D eigenvalue weighted by Crippen LogP contribution is 2.33. The summed E-state index contributed by atoms with van der Waals surface area (Å²) in [5.74, 6) is -0.00431. The van der Waals surface area contributed by atoms with Gasteiger partial charge in [-0.1, -0.05) is 29.8 Å². The first-order valence-corrected chi connectivity index (χ1v) is 13.1. The molecule has 5 aromatic rings. The molecular weight excluding hydrogens is 487 g/mol. The number of thiazole rings is 1. The first-order valence-electron chi connectivity index (χ1n) is 10.8. The molecule has 0 aliphatic rings. The van der Waals surface area contributed by atoms with Gasteiger partial charge >= 0.3 is 0 Å². The van der Waals surface area contributed by atoms with E-state index in [2.05, 4.69) is 25.0 Å². The van der Waals surface area contributed by atoms with Crippen LogP contribution in [0, 0.1) is 12.7 Å². The zero-order valence-corrected chi connectivity index (χ0v) is 20.3. The Kier molecular flexibility index (Phi) is 6.29. The average Bonchev–Trinajstić information content (AvgIpc) is 3.44. The summed E-state index contributed by atoms with van der Waals surface area (Å²) in [5, 5.41) is 4.97. The summed E-state index contributed by atoms with van der Waals surface area (Å²) in [5.41, 5.74) is 3.58. The molecule has 0 saturated carbocycles. The summed E-state index contributed by atoms with van der Waals surface area (Å²) < 4.78 is 43.3. The number of anilines is 1. The predicted molar refractivity (Wildman–Crippen MR) is 134 cm³/mol. The van der Waals surface area contributed by atoms with Gasteiger partial charge in [0.1, 0.15) is 11.5 Å². The van der Waals surface area contributed by atoms with E-state index in [0.717, 1.165) is 16.2 Å². The molecule has 8 nitrogen and oxygen atoms in total. The van der Waals surface area contributed by atoms with Gasteiger partial charge in [0.25, 0.3) is 0 Å². The lowest BCUT2D eigenvalue weighted by atomic mass is 10.1. The van der Waals surface area contributed by atoms with Crippen molar-refractivity contribution >= 4 is 32.3 Å². The van der Waals surface area contributed by atoms with Crippen LogP contribution in [0.2, 0.25) is 0 Å². The monoisotopic (exact) mass is 508 g/mol. The van der Waals surface area contributed by atoms with Crippen molar-refractivity contribution in [3.05, 3.63) is 83.8 Å². The Morgan fingerprint density at radius 1 is 1.06 bits per heavy atom. The molecule has 3 heterocycles. The summed E-state index contributed by atoms with van der Waals surface area (Å²) in [6.07, 6.45) is 3.50. The van der Waals surface area contributed by atoms with Crippen molar-refractivity contribution in [2.75, 3.05) is 18.4 Å². The molecule has 0 radical (unpaired) electrons. The highest BCUT2D eigenvalue weighted by molar-refractivity contribution is 7.89. The molecule has 0 aliphatic carbocycles. The molecule has 11 heteroatoms. The second-order valence-corrected chi connectivity index (χ2v) is 10.4. The van der Waals surface area contributed by atoms with Gasteiger partial charge in [0.15, 0.2) is 4.96 Å². The molecule has 0 atom stereocenters. The van der Waals surface area contributed by atoms with Gasteiger partial charge in [0, 0.05) is 36.4 Å². The molecule has 0 bridgehead atoms. The highest BCUT2D eigenvalue weighted by Gasteiger charge is 2.19. The third-order valence-electron chi connectivity index (χ3n) is 5.29. The fourth-order valence-corrected chi connectivity index (χ4v) is 5.35. The van der Waals surface area contributed by atoms with Crippen LogP contribution in [0.5, 0.6) is 0 Å². The number of nitrogens with zero attached hydrogens (tertiary/aromatic N) is 4. The number of imidazole rings is 1.